The van der Waals surface area contributed by atoms with Crippen LogP contribution in [0.3, 0.4) is 0 Å². The first-order valence-corrected chi connectivity index (χ1v) is 9.17. The fourth-order valence-corrected chi connectivity index (χ4v) is 3.60. The first-order chi connectivity index (χ1) is 8.18. The van der Waals surface area contributed by atoms with Crippen molar-refractivity contribution in [2.45, 2.75) is 52.9 Å². The second-order valence-corrected chi connectivity index (χ2v) is 7.64. The Kier molecular flexibility index (Phi) is 11.4. The minimum Gasteiger partial charge on any atom is -0.374 e. The van der Waals surface area contributed by atoms with Gasteiger partial charge in [-0.3, -0.25) is 0 Å². The second-order valence-electron chi connectivity index (χ2n) is 4.56. The topological polar surface area (TPSA) is 35.5 Å². The maximum absolute atomic E-state index is 12.5. The van der Waals surface area contributed by atoms with Gasteiger partial charge in [0.25, 0.3) is 0 Å². The molecule has 0 aromatic rings. The molecule has 0 radical (unpaired) electrons. The summed E-state index contributed by atoms with van der Waals surface area (Å²) >= 11 is 0. The molecule has 0 unspecified atom stereocenters. The zero-order chi connectivity index (χ0) is 13.0. The highest BCUT2D eigenvalue weighted by atomic mass is 31.2. The van der Waals surface area contributed by atoms with Gasteiger partial charge in [0.15, 0.2) is 0 Å². The first-order valence-electron chi connectivity index (χ1n) is 6.91. The average Bonchev–Trinajstić information content (AvgIpc) is 2.31. The van der Waals surface area contributed by atoms with Crippen molar-refractivity contribution in [3.8, 4) is 0 Å². The van der Waals surface area contributed by atoms with E-state index in [0.29, 0.717) is 12.7 Å². The number of hydrogen-bond donors (Lipinski definition) is 0. The fraction of sp³-hybridized carbons (Fsp3) is 1.00. The Balaban J connectivity index is 3.85. The smallest absolute Gasteiger partial charge is 0.136 e. The minimum atomic E-state index is -2.24. The highest BCUT2D eigenvalue weighted by Crippen LogP contribution is 2.46. The summed E-state index contributed by atoms with van der Waals surface area (Å²) in [6.07, 6.45) is 6.79. The van der Waals surface area contributed by atoms with E-state index in [1.165, 1.54) is 0 Å². The van der Waals surface area contributed by atoms with E-state index in [-0.39, 0.29) is 0 Å². The van der Waals surface area contributed by atoms with E-state index in [2.05, 4.69) is 20.8 Å². The summed E-state index contributed by atoms with van der Waals surface area (Å²) < 4.78 is 23.5. The van der Waals surface area contributed by atoms with Crippen LogP contribution in [0.25, 0.3) is 0 Å². The van der Waals surface area contributed by atoms with Crippen molar-refractivity contribution in [3.63, 3.8) is 0 Å². The number of unbranched alkanes of at least 4 members (excludes halogenated alkanes) is 2. The summed E-state index contributed by atoms with van der Waals surface area (Å²) in [6, 6.07) is 0. The van der Waals surface area contributed by atoms with Gasteiger partial charge in [-0.15, -0.1) is 0 Å². The molecule has 4 heteroatoms. The van der Waals surface area contributed by atoms with E-state index in [4.69, 9.17) is 9.47 Å². The van der Waals surface area contributed by atoms with Crippen LogP contribution < -0.4 is 0 Å². The molecular weight excluding hydrogens is 235 g/mol. The van der Waals surface area contributed by atoms with Crippen LogP contribution >= 0.6 is 7.14 Å². The highest BCUT2D eigenvalue weighted by molar-refractivity contribution is 7.63. The van der Waals surface area contributed by atoms with Gasteiger partial charge in [-0.2, -0.15) is 0 Å². The molecule has 0 fully saturated rings. The molecule has 0 saturated heterocycles. The van der Waals surface area contributed by atoms with Crippen LogP contribution in [-0.4, -0.2) is 32.1 Å². The zero-order valence-corrected chi connectivity index (χ0v) is 12.6. The Morgan fingerprint density at radius 2 is 1.29 bits per heavy atom. The molecule has 0 amide bonds. The Labute approximate surface area is 107 Å². The molecule has 0 aliphatic rings. The maximum atomic E-state index is 12.5. The van der Waals surface area contributed by atoms with Crippen LogP contribution in [0.5, 0.6) is 0 Å². The number of ether oxygens (including phenoxy) is 2. The van der Waals surface area contributed by atoms with E-state index in [1.807, 2.05) is 0 Å². The molecule has 0 aromatic heterocycles. The third kappa shape index (κ3) is 9.82. The molecule has 0 atom stereocenters. The summed E-state index contributed by atoms with van der Waals surface area (Å²) in [5.41, 5.74) is 0. The molecule has 0 bridgehead atoms. The summed E-state index contributed by atoms with van der Waals surface area (Å²) in [5.74, 6) is 0. The molecule has 0 heterocycles. The van der Waals surface area contributed by atoms with Crippen molar-refractivity contribution >= 4 is 7.14 Å². The lowest BCUT2D eigenvalue weighted by Gasteiger charge is -2.17. The van der Waals surface area contributed by atoms with Gasteiger partial charge < -0.3 is 14.0 Å². The number of hydrogen-bond acceptors (Lipinski definition) is 3. The molecular formula is C13H29O3P. The number of rotatable bonds is 12. The van der Waals surface area contributed by atoms with Gasteiger partial charge in [-0.1, -0.05) is 33.6 Å². The summed E-state index contributed by atoms with van der Waals surface area (Å²) in [5, 5.41) is 0. The molecule has 0 rings (SSSR count). The Morgan fingerprint density at radius 1 is 0.824 bits per heavy atom. The van der Waals surface area contributed by atoms with E-state index in [9.17, 15) is 4.57 Å². The Bertz CT molecular complexity index is 191. The van der Waals surface area contributed by atoms with Crippen LogP contribution in [0.4, 0.5) is 0 Å². The summed E-state index contributed by atoms with van der Waals surface area (Å²) in [7, 11) is -2.24. The van der Waals surface area contributed by atoms with Gasteiger partial charge >= 0.3 is 0 Å². The predicted molar refractivity (Wildman–Crippen MR) is 74.2 cm³/mol. The van der Waals surface area contributed by atoms with Gasteiger partial charge in [-0.25, -0.2) is 0 Å². The molecule has 0 aliphatic heterocycles. The van der Waals surface area contributed by atoms with Crippen molar-refractivity contribution in [1.29, 1.82) is 0 Å². The third-order valence-electron chi connectivity index (χ3n) is 2.57. The molecule has 0 saturated carbocycles. The Hall–Kier alpha value is 0.150. The lowest BCUT2D eigenvalue weighted by atomic mass is 10.4. The molecule has 0 aromatic carbocycles. The zero-order valence-electron chi connectivity index (χ0n) is 11.7. The fourth-order valence-electron chi connectivity index (χ4n) is 1.53. The van der Waals surface area contributed by atoms with E-state index < -0.39 is 7.14 Å². The molecule has 0 N–H and O–H groups in total. The minimum absolute atomic E-state index is 0.396. The van der Waals surface area contributed by atoms with Crippen LogP contribution in [0, 0.1) is 0 Å². The average molecular weight is 264 g/mol. The van der Waals surface area contributed by atoms with E-state index in [0.717, 1.165) is 51.5 Å². The largest absolute Gasteiger partial charge is 0.374 e. The lowest BCUT2D eigenvalue weighted by molar-refractivity contribution is 0.151. The highest BCUT2D eigenvalue weighted by Gasteiger charge is 2.21. The standard InChI is InChI=1S/C13H29O3P/c1-4-7-9-15-12-17(14,11-6-3)13-16-10-8-5-2/h4-13H2,1-3H3. The van der Waals surface area contributed by atoms with E-state index in [1.54, 1.807) is 0 Å². The van der Waals surface area contributed by atoms with E-state index >= 15 is 0 Å². The second kappa shape index (κ2) is 11.3. The molecule has 17 heavy (non-hydrogen) atoms. The van der Waals surface area contributed by atoms with Crippen molar-refractivity contribution < 1.29 is 14.0 Å². The molecule has 0 aliphatic carbocycles. The molecule has 3 nitrogen and oxygen atoms in total. The maximum Gasteiger partial charge on any atom is 0.136 e. The van der Waals surface area contributed by atoms with Crippen molar-refractivity contribution in [2.75, 3.05) is 32.1 Å². The van der Waals surface area contributed by atoms with Crippen LogP contribution in [-0.2, 0) is 14.0 Å². The van der Waals surface area contributed by atoms with Gasteiger partial charge in [0.2, 0.25) is 0 Å². The normalized spacial score (nSPS) is 11.9. The lowest BCUT2D eigenvalue weighted by Crippen LogP contribution is -2.07. The van der Waals surface area contributed by atoms with Gasteiger partial charge in [0.1, 0.15) is 19.8 Å². The molecule has 0 spiro atoms. The van der Waals surface area contributed by atoms with Crippen molar-refractivity contribution in [2.24, 2.45) is 0 Å². The first kappa shape index (κ1) is 17.2. The van der Waals surface area contributed by atoms with Crippen LogP contribution in [0.2, 0.25) is 0 Å². The summed E-state index contributed by atoms with van der Waals surface area (Å²) in [4.78, 5) is 0. The Morgan fingerprint density at radius 3 is 1.65 bits per heavy atom. The van der Waals surface area contributed by atoms with Gasteiger partial charge in [-0.05, 0) is 19.3 Å². The van der Waals surface area contributed by atoms with Crippen LogP contribution in [0.1, 0.15) is 52.9 Å². The van der Waals surface area contributed by atoms with Gasteiger partial charge in [0, 0.05) is 19.4 Å². The summed E-state index contributed by atoms with van der Waals surface area (Å²) in [6.45, 7) is 7.76. The quantitative estimate of drug-likeness (QED) is 0.389. The monoisotopic (exact) mass is 264 g/mol. The van der Waals surface area contributed by atoms with Gasteiger partial charge in [0.05, 0.1) is 0 Å². The SMILES string of the molecule is CCCCOCP(=O)(CCC)COCCCC. The molecule has 104 valence electrons. The van der Waals surface area contributed by atoms with Crippen molar-refractivity contribution in [1.82, 2.24) is 0 Å². The third-order valence-corrected chi connectivity index (χ3v) is 5.14. The predicted octanol–water partition coefficient (Wildman–Crippen LogP) is 4.31. The van der Waals surface area contributed by atoms with Crippen LogP contribution in [0.15, 0.2) is 0 Å². The van der Waals surface area contributed by atoms with Crippen molar-refractivity contribution in [3.05, 3.63) is 0 Å².